The van der Waals surface area contributed by atoms with Gasteiger partial charge in [0.05, 0.1) is 0 Å². The second-order valence-electron chi connectivity index (χ2n) is 5.41. The van der Waals surface area contributed by atoms with Gasteiger partial charge in [-0.1, -0.05) is 6.42 Å². The second kappa shape index (κ2) is 9.34. The van der Waals surface area contributed by atoms with Crippen molar-refractivity contribution in [1.29, 1.82) is 0 Å². The number of hydrogen-bond donors (Lipinski definition) is 2. The number of nitrogens with zero attached hydrogens (tertiary/aromatic N) is 1. The van der Waals surface area contributed by atoms with Crippen molar-refractivity contribution < 1.29 is 4.79 Å². The van der Waals surface area contributed by atoms with Gasteiger partial charge in [-0.25, -0.2) is 0 Å². The molecule has 1 saturated heterocycles. The lowest BCUT2D eigenvalue weighted by molar-refractivity contribution is -0.118. The Balaban J connectivity index is 1.87. The van der Waals surface area contributed by atoms with Gasteiger partial charge in [0.25, 0.3) is 0 Å². The molecule has 0 aliphatic carbocycles. The normalized spacial score (nSPS) is 21.1. The molecular formula is C14H29N3O. The van der Waals surface area contributed by atoms with Crippen LogP contribution >= 0.6 is 0 Å². The number of piperidine rings is 1. The number of primary amides is 1. The number of carbonyl (C=O) groups excluding carboxylic acids is 1. The SMILES string of the molecule is CC1CCCCN1CCCNCCCCC(N)=O. The smallest absolute Gasteiger partial charge is 0.217 e. The van der Waals surface area contributed by atoms with Gasteiger partial charge in [0.2, 0.25) is 5.91 Å². The number of rotatable bonds is 9. The van der Waals surface area contributed by atoms with E-state index in [0.29, 0.717) is 6.42 Å². The van der Waals surface area contributed by atoms with Gasteiger partial charge in [0, 0.05) is 12.5 Å². The quantitative estimate of drug-likeness (QED) is 0.614. The van der Waals surface area contributed by atoms with E-state index < -0.39 is 0 Å². The van der Waals surface area contributed by atoms with Crippen LogP contribution in [0.1, 0.15) is 51.9 Å². The van der Waals surface area contributed by atoms with E-state index in [0.717, 1.165) is 32.0 Å². The summed E-state index contributed by atoms with van der Waals surface area (Å²) >= 11 is 0. The van der Waals surface area contributed by atoms with Gasteiger partial charge in [0.15, 0.2) is 0 Å². The standard InChI is InChI=1S/C14H29N3O/c1-13-7-3-5-11-17(13)12-6-10-16-9-4-2-8-14(15)18/h13,16H,2-12H2,1H3,(H2,15,18). The fraction of sp³-hybridized carbons (Fsp3) is 0.929. The van der Waals surface area contributed by atoms with Crippen LogP contribution in [-0.2, 0) is 4.79 Å². The summed E-state index contributed by atoms with van der Waals surface area (Å²) in [4.78, 5) is 13.1. The van der Waals surface area contributed by atoms with Gasteiger partial charge in [-0.05, 0) is 65.2 Å². The predicted octanol–water partition coefficient (Wildman–Crippen LogP) is 1.50. The van der Waals surface area contributed by atoms with Crippen LogP contribution in [0.2, 0.25) is 0 Å². The molecule has 1 atom stereocenters. The molecule has 1 unspecified atom stereocenters. The molecule has 0 saturated carbocycles. The number of amides is 1. The largest absolute Gasteiger partial charge is 0.370 e. The number of carbonyl (C=O) groups is 1. The molecule has 4 nitrogen and oxygen atoms in total. The first-order chi connectivity index (χ1) is 8.70. The second-order valence-corrected chi connectivity index (χ2v) is 5.41. The first kappa shape index (κ1) is 15.4. The first-order valence-corrected chi connectivity index (χ1v) is 7.43. The Kier molecular flexibility index (Phi) is 8.01. The Labute approximate surface area is 111 Å². The molecule has 0 radical (unpaired) electrons. The molecule has 1 heterocycles. The third-order valence-corrected chi connectivity index (χ3v) is 3.77. The highest BCUT2D eigenvalue weighted by molar-refractivity contribution is 5.73. The summed E-state index contributed by atoms with van der Waals surface area (Å²) in [5, 5.41) is 3.43. The number of likely N-dealkylation sites (tertiary alicyclic amines) is 1. The lowest BCUT2D eigenvalue weighted by Gasteiger charge is -2.33. The van der Waals surface area contributed by atoms with Gasteiger partial charge < -0.3 is 16.0 Å². The predicted molar refractivity (Wildman–Crippen MR) is 75.4 cm³/mol. The van der Waals surface area contributed by atoms with Gasteiger partial charge >= 0.3 is 0 Å². The number of nitrogens with one attached hydrogen (secondary N) is 1. The zero-order chi connectivity index (χ0) is 13.2. The van der Waals surface area contributed by atoms with E-state index in [1.54, 1.807) is 0 Å². The van der Waals surface area contributed by atoms with Crippen LogP contribution in [0.5, 0.6) is 0 Å². The molecule has 1 amide bonds. The third kappa shape index (κ3) is 6.97. The zero-order valence-corrected chi connectivity index (χ0v) is 11.8. The van der Waals surface area contributed by atoms with Crippen LogP contribution in [-0.4, -0.2) is 43.0 Å². The minimum absolute atomic E-state index is 0.186. The van der Waals surface area contributed by atoms with Crippen LogP contribution in [0, 0.1) is 0 Å². The Hall–Kier alpha value is -0.610. The van der Waals surface area contributed by atoms with Crippen LogP contribution in [0.3, 0.4) is 0 Å². The van der Waals surface area contributed by atoms with Crippen molar-refractivity contribution in [3.05, 3.63) is 0 Å². The van der Waals surface area contributed by atoms with Crippen LogP contribution < -0.4 is 11.1 Å². The van der Waals surface area contributed by atoms with Crippen molar-refractivity contribution in [2.24, 2.45) is 5.73 Å². The molecule has 18 heavy (non-hydrogen) atoms. The molecule has 1 aliphatic heterocycles. The van der Waals surface area contributed by atoms with E-state index in [1.165, 1.54) is 38.8 Å². The summed E-state index contributed by atoms with van der Waals surface area (Å²) in [5.74, 6) is -0.186. The molecule has 0 spiro atoms. The van der Waals surface area contributed by atoms with E-state index in [-0.39, 0.29) is 5.91 Å². The lowest BCUT2D eigenvalue weighted by Crippen LogP contribution is -2.38. The van der Waals surface area contributed by atoms with Crippen LogP contribution in [0.15, 0.2) is 0 Å². The van der Waals surface area contributed by atoms with Crippen LogP contribution in [0.4, 0.5) is 0 Å². The topological polar surface area (TPSA) is 58.4 Å². The number of hydrogen-bond acceptors (Lipinski definition) is 3. The molecule has 3 N–H and O–H groups in total. The Morgan fingerprint density at radius 1 is 1.28 bits per heavy atom. The van der Waals surface area contributed by atoms with E-state index in [1.807, 2.05) is 0 Å². The number of unbranched alkanes of at least 4 members (excludes halogenated alkanes) is 1. The van der Waals surface area contributed by atoms with E-state index in [2.05, 4.69) is 17.1 Å². The zero-order valence-electron chi connectivity index (χ0n) is 11.8. The Morgan fingerprint density at radius 3 is 2.78 bits per heavy atom. The highest BCUT2D eigenvalue weighted by Crippen LogP contribution is 2.15. The maximum absolute atomic E-state index is 10.5. The Morgan fingerprint density at radius 2 is 2.06 bits per heavy atom. The fourth-order valence-electron chi connectivity index (χ4n) is 2.57. The molecule has 0 aromatic heterocycles. The van der Waals surface area contributed by atoms with Crippen molar-refractivity contribution in [2.75, 3.05) is 26.2 Å². The van der Waals surface area contributed by atoms with E-state index in [9.17, 15) is 4.79 Å². The van der Waals surface area contributed by atoms with Gasteiger partial charge in [-0.2, -0.15) is 0 Å². The molecule has 4 heteroatoms. The van der Waals surface area contributed by atoms with Gasteiger partial charge in [-0.15, -0.1) is 0 Å². The third-order valence-electron chi connectivity index (χ3n) is 3.77. The summed E-state index contributed by atoms with van der Waals surface area (Å²) in [6.45, 7) is 6.92. The van der Waals surface area contributed by atoms with Crippen molar-refractivity contribution in [2.45, 2.75) is 57.9 Å². The van der Waals surface area contributed by atoms with Crippen molar-refractivity contribution in [3.63, 3.8) is 0 Å². The van der Waals surface area contributed by atoms with Gasteiger partial charge in [0.1, 0.15) is 0 Å². The maximum atomic E-state index is 10.5. The summed E-state index contributed by atoms with van der Waals surface area (Å²) < 4.78 is 0. The fourth-order valence-corrected chi connectivity index (χ4v) is 2.57. The average Bonchev–Trinajstić information content (AvgIpc) is 2.34. The molecule has 0 bridgehead atoms. The molecular weight excluding hydrogens is 226 g/mol. The highest BCUT2D eigenvalue weighted by atomic mass is 16.1. The molecule has 1 rings (SSSR count). The van der Waals surface area contributed by atoms with Crippen molar-refractivity contribution in [1.82, 2.24) is 10.2 Å². The summed E-state index contributed by atoms with van der Waals surface area (Å²) in [5.41, 5.74) is 5.09. The first-order valence-electron chi connectivity index (χ1n) is 7.43. The van der Waals surface area contributed by atoms with E-state index >= 15 is 0 Å². The molecule has 0 aromatic rings. The van der Waals surface area contributed by atoms with Crippen molar-refractivity contribution >= 4 is 5.91 Å². The monoisotopic (exact) mass is 255 g/mol. The summed E-state index contributed by atoms with van der Waals surface area (Å²) in [6, 6.07) is 0.773. The maximum Gasteiger partial charge on any atom is 0.217 e. The summed E-state index contributed by atoms with van der Waals surface area (Å²) in [6.07, 6.45) is 7.82. The van der Waals surface area contributed by atoms with Gasteiger partial charge in [-0.3, -0.25) is 4.79 Å². The lowest BCUT2D eigenvalue weighted by atomic mass is 10.0. The minimum Gasteiger partial charge on any atom is -0.370 e. The Bertz CT molecular complexity index is 233. The summed E-state index contributed by atoms with van der Waals surface area (Å²) in [7, 11) is 0. The molecule has 106 valence electrons. The molecule has 0 aromatic carbocycles. The average molecular weight is 255 g/mol. The number of nitrogens with two attached hydrogens (primary N) is 1. The minimum atomic E-state index is -0.186. The highest BCUT2D eigenvalue weighted by Gasteiger charge is 2.16. The molecule has 1 aliphatic rings. The van der Waals surface area contributed by atoms with Crippen molar-refractivity contribution in [3.8, 4) is 0 Å². The molecule has 1 fully saturated rings. The van der Waals surface area contributed by atoms with E-state index in [4.69, 9.17) is 5.73 Å². The van der Waals surface area contributed by atoms with Crippen LogP contribution in [0.25, 0.3) is 0 Å².